The van der Waals surface area contributed by atoms with Crippen molar-refractivity contribution >= 4 is 5.97 Å². The molecule has 0 fully saturated rings. The van der Waals surface area contributed by atoms with Crippen LogP contribution in [-0.4, -0.2) is 16.1 Å². The van der Waals surface area contributed by atoms with Gasteiger partial charge in [0.1, 0.15) is 5.82 Å². The van der Waals surface area contributed by atoms with E-state index in [-0.39, 0.29) is 5.56 Å². The Labute approximate surface area is 97.6 Å². The lowest BCUT2D eigenvalue weighted by Gasteiger charge is -2.03. The topological polar surface area (TPSA) is 50.2 Å². The number of hydrogen-bond acceptors (Lipinski definition) is 2. The second-order valence-corrected chi connectivity index (χ2v) is 3.61. The number of nitrogens with zero attached hydrogens (tertiary/aromatic N) is 1. The van der Waals surface area contributed by atoms with Crippen LogP contribution < -0.4 is 0 Å². The van der Waals surface area contributed by atoms with Crippen LogP contribution in [0.5, 0.6) is 0 Å². The fraction of sp³-hybridized carbons (Fsp3) is 0.0769. The third-order valence-corrected chi connectivity index (χ3v) is 2.40. The highest BCUT2D eigenvalue weighted by atomic mass is 19.1. The molecule has 0 spiro atoms. The molecule has 17 heavy (non-hydrogen) atoms. The molecule has 0 aliphatic heterocycles. The van der Waals surface area contributed by atoms with Crippen LogP contribution in [0, 0.1) is 5.82 Å². The molecule has 1 aromatic carbocycles. The van der Waals surface area contributed by atoms with E-state index in [1.165, 1.54) is 12.1 Å². The Morgan fingerprint density at radius 2 is 2.12 bits per heavy atom. The van der Waals surface area contributed by atoms with Crippen LogP contribution in [0.3, 0.4) is 0 Å². The normalized spacial score (nSPS) is 10.2. The second-order valence-electron chi connectivity index (χ2n) is 3.61. The van der Waals surface area contributed by atoms with Crippen LogP contribution in [0.1, 0.15) is 21.6 Å². The molecule has 0 radical (unpaired) electrons. The van der Waals surface area contributed by atoms with Crippen LogP contribution >= 0.6 is 0 Å². The van der Waals surface area contributed by atoms with Gasteiger partial charge in [-0.15, -0.1) is 0 Å². The Hall–Kier alpha value is -2.23. The predicted octanol–water partition coefficient (Wildman–Crippen LogP) is 2.51. The van der Waals surface area contributed by atoms with E-state index in [9.17, 15) is 9.18 Å². The first-order chi connectivity index (χ1) is 8.16. The average Bonchev–Trinajstić information content (AvgIpc) is 2.33. The third-order valence-electron chi connectivity index (χ3n) is 2.40. The van der Waals surface area contributed by atoms with Crippen molar-refractivity contribution < 1.29 is 14.3 Å². The molecule has 0 bridgehead atoms. The Bertz CT molecular complexity index is 540. The van der Waals surface area contributed by atoms with E-state index in [1.54, 1.807) is 18.3 Å². The lowest BCUT2D eigenvalue weighted by Crippen LogP contribution is -2.00. The summed E-state index contributed by atoms with van der Waals surface area (Å²) < 4.78 is 13.6. The van der Waals surface area contributed by atoms with Crippen molar-refractivity contribution in [1.82, 2.24) is 4.98 Å². The number of carbonyl (C=O) groups is 1. The number of aromatic carboxylic acids is 1. The lowest BCUT2D eigenvalue weighted by molar-refractivity contribution is 0.0696. The van der Waals surface area contributed by atoms with Gasteiger partial charge in [0, 0.05) is 18.3 Å². The van der Waals surface area contributed by atoms with Crippen molar-refractivity contribution in [3.05, 3.63) is 65.2 Å². The van der Waals surface area contributed by atoms with Gasteiger partial charge in [-0.25, -0.2) is 9.18 Å². The van der Waals surface area contributed by atoms with Gasteiger partial charge in [0.05, 0.1) is 5.56 Å². The van der Waals surface area contributed by atoms with Crippen molar-refractivity contribution in [2.24, 2.45) is 0 Å². The third kappa shape index (κ3) is 2.66. The fourth-order valence-electron chi connectivity index (χ4n) is 1.52. The number of rotatable bonds is 3. The molecular formula is C13H10FNO2. The van der Waals surface area contributed by atoms with Crippen LogP contribution in [-0.2, 0) is 6.42 Å². The van der Waals surface area contributed by atoms with Gasteiger partial charge >= 0.3 is 5.97 Å². The summed E-state index contributed by atoms with van der Waals surface area (Å²) in [5, 5.41) is 8.71. The van der Waals surface area contributed by atoms with Crippen molar-refractivity contribution in [2.75, 3.05) is 0 Å². The molecule has 2 rings (SSSR count). The summed E-state index contributed by atoms with van der Waals surface area (Å²) >= 11 is 0. The van der Waals surface area contributed by atoms with Crippen LogP contribution in [0.15, 0.2) is 42.6 Å². The SMILES string of the molecule is O=C(O)c1ccc(Cc2ccccn2)c(F)c1. The van der Waals surface area contributed by atoms with Gasteiger partial charge in [-0.1, -0.05) is 12.1 Å². The predicted molar refractivity (Wildman–Crippen MR) is 60.4 cm³/mol. The first-order valence-corrected chi connectivity index (χ1v) is 5.08. The minimum Gasteiger partial charge on any atom is -0.478 e. The molecule has 1 aromatic heterocycles. The highest BCUT2D eigenvalue weighted by Crippen LogP contribution is 2.14. The molecule has 86 valence electrons. The summed E-state index contributed by atoms with van der Waals surface area (Å²) in [5.41, 5.74) is 1.13. The monoisotopic (exact) mass is 231 g/mol. The number of aromatic nitrogens is 1. The lowest BCUT2D eigenvalue weighted by atomic mass is 10.1. The molecule has 3 nitrogen and oxygen atoms in total. The van der Waals surface area contributed by atoms with Gasteiger partial charge in [-0.2, -0.15) is 0 Å². The zero-order valence-corrected chi connectivity index (χ0v) is 8.93. The molecule has 0 amide bonds. The second kappa shape index (κ2) is 4.74. The molecule has 0 atom stereocenters. The highest BCUT2D eigenvalue weighted by Gasteiger charge is 2.08. The van der Waals surface area contributed by atoms with Crippen LogP contribution in [0.4, 0.5) is 4.39 Å². The van der Waals surface area contributed by atoms with Gasteiger partial charge < -0.3 is 5.11 Å². The summed E-state index contributed by atoms with van der Waals surface area (Å²) in [6, 6.07) is 9.31. The highest BCUT2D eigenvalue weighted by molar-refractivity contribution is 5.87. The first-order valence-electron chi connectivity index (χ1n) is 5.08. The molecule has 2 aromatic rings. The van der Waals surface area contributed by atoms with Crippen molar-refractivity contribution in [1.29, 1.82) is 0 Å². The maximum Gasteiger partial charge on any atom is 0.335 e. The smallest absolute Gasteiger partial charge is 0.335 e. The van der Waals surface area contributed by atoms with E-state index >= 15 is 0 Å². The quantitative estimate of drug-likeness (QED) is 0.882. The van der Waals surface area contributed by atoms with E-state index in [0.29, 0.717) is 12.0 Å². The summed E-state index contributed by atoms with van der Waals surface area (Å²) in [6.45, 7) is 0. The molecule has 4 heteroatoms. The molecular weight excluding hydrogens is 221 g/mol. The molecule has 1 heterocycles. The number of halogens is 1. The summed E-state index contributed by atoms with van der Waals surface area (Å²) in [4.78, 5) is 14.7. The van der Waals surface area contributed by atoms with E-state index in [4.69, 9.17) is 5.11 Å². The van der Waals surface area contributed by atoms with Gasteiger partial charge in [0.15, 0.2) is 0 Å². The standard InChI is InChI=1S/C13H10FNO2/c14-12-8-10(13(16)17)5-4-9(12)7-11-3-1-2-6-15-11/h1-6,8H,7H2,(H,16,17). The number of hydrogen-bond donors (Lipinski definition) is 1. The van der Waals surface area contributed by atoms with Gasteiger partial charge in [0.25, 0.3) is 0 Å². The Morgan fingerprint density at radius 1 is 1.29 bits per heavy atom. The van der Waals surface area contributed by atoms with E-state index in [2.05, 4.69) is 4.98 Å². The first kappa shape index (κ1) is 11.3. The molecule has 0 saturated carbocycles. The van der Waals surface area contributed by atoms with Crippen molar-refractivity contribution in [3.63, 3.8) is 0 Å². The number of benzene rings is 1. The summed E-state index contributed by atoms with van der Waals surface area (Å²) in [6.07, 6.45) is 1.99. The minimum atomic E-state index is -1.13. The number of pyridine rings is 1. The van der Waals surface area contributed by atoms with Crippen molar-refractivity contribution in [3.8, 4) is 0 Å². The molecule has 0 aliphatic carbocycles. The largest absolute Gasteiger partial charge is 0.478 e. The zero-order chi connectivity index (χ0) is 12.3. The van der Waals surface area contributed by atoms with E-state index in [0.717, 1.165) is 11.8 Å². The van der Waals surface area contributed by atoms with Gasteiger partial charge in [-0.05, 0) is 29.8 Å². The maximum absolute atomic E-state index is 13.6. The summed E-state index contributed by atoms with van der Waals surface area (Å²) in [5.74, 6) is -1.65. The molecule has 1 N–H and O–H groups in total. The van der Waals surface area contributed by atoms with Gasteiger partial charge in [0.2, 0.25) is 0 Å². The summed E-state index contributed by atoms with van der Waals surface area (Å²) in [7, 11) is 0. The van der Waals surface area contributed by atoms with E-state index in [1.807, 2.05) is 6.07 Å². The van der Waals surface area contributed by atoms with Crippen LogP contribution in [0.25, 0.3) is 0 Å². The molecule has 0 aliphatic rings. The van der Waals surface area contributed by atoms with E-state index < -0.39 is 11.8 Å². The minimum absolute atomic E-state index is 0.0488. The molecule has 0 saturated heterocycles. The van der Waals surface area contributed by atoms with Gasteiger partial charge in [-0.3, -0.25) is 4.98 Å². The number of carboxylic acid groups (broad SMARTS) is 1. The zero-order valence-electron chi connectivity index (χ0n) is 8.93. The Balaban J connectivity index is 2.26. The van der Waals surface area contributed by atoms with Crippen molar-refractivity contribution in [2.45, 2.75) is 6.42 Å². The average molecular weight is 231 g/mol. The Kier molecular flexibility index (Phi) is 3.14. The number of carboxylic acids is 1. The Morgan fingerprint density at radius 3 is 2.71 bits per heavy atom. The van der Waals surface area contributed by atoms with Crippen LogP contribution in [0.2, 0.25) is 0 Å². The fourth-order valence-corrected chi connectivity index (χ4v) is 1.52. The molecule has 0 unspecified atom stereocenters. The maximum atomic E-state index is 13.6.